The van der Waals surface area contributed by atoms with Crippen molar-refractivity contribution in [3.8, 4) is 11.1 Å². The Morgan fingerprint density at radius 3 is 2.14 bits per heavy atom. The van der Waals surface area contributed by atoms with Crippen molar-refractivity contribution >= 4 is 37.8 Å². The fourth-order valence-electron chi connectivity index (χ4n) is 3.78. The van der Waals surface area contributed by atoms with Crippen molar-refractivity contribution in [3.05, 3.63) is 88.9 Å². The van der Waals surface area contributed by atoms with Gasteiger partial charge in [0, 0.05) is 17.4 Å². The van der Waals surface area contributed by atoms with E-state index in [1.165, 1.54) is 19.2 Å². The van der Waals surface area contributed by atoms with E-state index >= 15 is 0 Å². The molecule has 7 nitrogen and oxygen atoms in total. The van der Waals surface area contributed by atoms with Gasteiger partial charge in [-0.15, -0.1) is 0 Å². The van der Waals surface area contributed by atoms with E-state index in [4.69, 9.17) is 4.74 Å². The molecule has 3 aromatic carbocycles. The molecule has 0 radical (unpaired) electrons. The van der Waals surface area contributed by atoms with E-state index in [-0.39, 0.29) is 17.2 Å². The van der Waals surface area contributed by atoms with E-state index in [1.807, 2.05) is 54.6 Å². The van der Waals surface area contributed by atoms with Crippen molar-refractivity contribution in [1.82, 2.24) is 10.0 Å². The Morgan fingerprint density at radius 2 is 1.51 bits per heavy atom. The standard InChI is InChI=1S/C28H31BrN2O5S/c1-36-28(33)26(9-5-6-20-30-27(32)19-10-21-7-3-2-4-8-21)31-37(34,35)25-17-13-23(14-18-25)22-11-15-24(29)16-12-22/h2-4,7-8,11-18,26,31H,5-6,9-10,19-20H2,1H3,(H,30,32)/t26-/m0/s1. The zero-order valence-corrected chi connectivity index (χ0v) is 23.1. The van der Waals surface area contributed by atoms with Gasteiger partial charge in [-0.25, -0.2) is 8.42 Å². The molecule has 0 saturated heterocycles. The molecule has 0 aliphatic carbocycles. The third-order valence-corrected chi connectivity index (χ3v) is 7.87. The van der Waals surface area contributed by atoms with Crippen molar-refractivity contribution in [2.24, 2.45) is 0 Å². The third-order valence-electron chi connectivity index (χ3n) is 5.85. The lowest BCUT2D eigenvalue weighted by atomic mass is 10.1. The molecule has 37 heavy (non-hydrogen) atoms. The topological polar surface area (TPSA) is 102 Å². The maximum absolute atomic E-state index is 12.9. The summed E-state index contributed by atoms with van der Waals surface area (Å²) < 4.78 is 34.1. The van der Waals surface area contributed by atoms with Crippen LogP contribution in [0.3, 0.4) is 0 Å². The number of hydrogen-bond acceptors (Lipinski definition) is 5. The third kappa shape index (κ3) is 9.10. The second-order valence-electron chi connectivity index (χ2n) is 8.56. The van der Waals surface area contributed by atoms with Gasteiger partial charge in [-0.1, -0.05) is 70.5 Å². The summed E-state index contributed by atoms with van der Waals surface area (Å²) in [5, 5.41) is 2.87. The summed E-state index contributed by atoms with van der Waals surface area (Å²) in [6.45, 7) is 0.450. The van der Waals surface area contributed by atoms with Gasteiger partial charge in [-0.05, 0) is 66.6 Å². The normalized spacial score (nSPS) is 12.1. The van der Waals surface area contributed by atoms with Gasteiger partial charge in [-0.3, -0.25) is 9.59 Å². The van der Waals surface area contributed by atoms with Gasteiger partial charge in [-0.2, -0.15) is 4.72 Å². The number of aryl methyl sites for hydroxylation is 1. The highest BCUT2D eigenvalue weighted by molar-refractivity contribution is 9.10. The van der Waals surface area contributed by atoms with E-state index in [0.717, 1.165) is 21.2 Å². The quantitative estimate of drug-likeness (QED) is 0.220. The number of methoxy groups -OCH3 is 1. The average molecular weight is 588 g/mol. The monoisotopic (exact) mass is 586 g/mol. The van der Waals surface area contributed by atoms with Crippen molar-refractivity contribution in [3.63, 3.8) is 0 Å². The second kappa shape index (κ2) is 14.1. The molecule has 3 aromatic rings. The number of unbranched alkanes of at least 4 members (excludes halogenated alkanes) is 1. The van der Waals surface area contributed by atoms with Crippen LogP contribution in [0.25, 0.3) is 11.1 Å². The van der Waals surface area contributed by atoms with Gasteiger partial charge in [0.15, 0.2) is 0 Å². The zero-order valence-electron chi connectivity index (χ0n) is 20.7. The molecule has 1 atom stereocenters. The number of benzene rings is 3. The van der Waals surface area contributed by atoms with Gasteiger partial charge in [0.05, 0.1) is 12.0 Å². The maximum Gasteiger partial charge on any atom is 0.323 e. The van der Waals surface area contributed by atoms with Crippen LogP contribution in [0.2, 0.25) is 0 Å². The van der Waals surface area contributed by atoms with Crippen LogP contribution >= 0.6 is 15.9 Å². The summed E-state index contributed by atoms with van der Waals surface area (Å²) in [4.78, 5) is 24.4. The highest BCUT2D eigenvalue weighted by Gasteiger charge is 2.26. The highest BCUT2D eigenvalue weighted by Crippen LogP contribution is 2.23. The molecule has 1 amide bonds. The molecule has 3 rings (SSSR count). The van der Waals surface area contributed by atoms with Crippen molar-refractivity contribution < 1.29 is 22.7 Å². The molecule has 2 N–H and O–H groups in total. The lowest BCUT2D eigenvalue weighted by Crippen LogP contribution is -2.41. The molecular weight excluding hydrogens is 556 g/mol. The number of esters is 1. The number of nitrogens with one attached hydrogen (secondary N) is 2. The van der Waals surface area contributed by atoms with Crippen LogP contribution in [0.5, 0.6) is 0 Å². The fraction of sp³-hybridized carbons (Fsp3) is 0.286. The van der Waals surface area contributed by atoms with Crippen LogP contribution < -0.4 is 10.0 Å². The van der Waals surface area contributed by atoms with Gasteiger partial charge >= 0.3 is 5.97 Å². The van der Waals surface area contributed by atoms with Crippen LogP contribution in [-0.2, 0) is 30.8 Å². The van der Waals surface area contributed by atoms with Crippen LogP contribution in [0.15, 0.2) is 88.2 Å². The Kier molecular flexibility index (Phi) is 10.9. The summed E-state index contributed by atoms with van der Waals surface area (Å²) >= 11 is 3.40. The molecule has 0 fully saturated rings. The molecular formula is C28H31BrN2O5S. The number of halogens is 1. The van der Waals surface area contributed by atoms with E-state index in [2.05, 4.69) is 26.0 Å². The van der Waals surface area contributed by atoms with Gasteiger partial charge < -0.3 is 10.1 Å². The number of hydrogen-bond donors (Lipinski definition) is 2. The Balaban J connectivity index is 1.48. The van der Waals surface area contributed by atoms with E-state index in [0.29, 0.717) is 32.2 Å². The minimum absolute atomic E-state index is 0.0411. The van der Waals surface area contributed by atoms with Crippen LogP contribution in [0.1, 0.15) is 31.2 Å². The lowest BCUT2D eigenvalue weighted by molar-refractivity contribution is -0.142. The smallest absolute Gasteiger partial charge is 0.323 e. The molecule has 0 spiro atoms. The molecule has 0 unspecified atom stereocenters. The van der Waals surface area contributed by atoms with Crippen molar-refractivity contribution in [2.75, 3.05) is 13.7 Å². The molecule has 196 valence electrons. The van der Waals surface area contributed by atoms with Gasteiger partial charge in [0.25, 0.3) is 0 Å². The highest BCUT2D eigenvalue weighted by atomic mass is 79.9. The Morgan fingerprint density at radius 1 is 0.892 bits per heavy atom. The van der Waals surface area contributed by atoms with Crippen LogP contribution in [0, 0.1) is 0 Å². The molecule has 9 heteroatoms. The first-order valence-corrected chi connectivity index (χ1v) is 14.3. The van der Waals surface area contributed by atoms with Crippen molar-refractivity contribution in [2.45, 2.75) is 43.0 Å². The molecule has 0 heterocycles. The van der Waals surface area contributed by atoms with Gasteiger partial charge in [0.2, 0.25) is 15.9 Å². The zero-order chi connectivity index (χ0) is 26.7. The Hall–Kier alpha value is -3.01. The number of ether oxygens (including phenoxy) is 1. The largest absolute Gasteiger partial charge is 0.468 e. The summed E-state index contributed by atoms with van der Waals surface area (Å²) in [5.41, 5.74) is 2.94. The molecule has 0 saturated carbocycles. The Bertz CT molecular complexity index is 1260. The first-order valence-electron chi connectivity index (χ1n) is 12.1. The van der Waals surface area contributed by atoms with E-state index < -0.39 is 22.0 Å². The summed E-state index contributed by atoms with van der Waals surface area (Å²) in [5.74, 6) is -0.692. The molecule has 0 aliphatic rings. The molecule has 0 aliphatic heterocycles. The SMILES string of the molecule is COC(=O)[C@H](CCCCNC(=O)CCc1ccccc1)NS(=O)(=O)c1ccc(-c2ccc(Br)cc2)cc1. The fourth-order valence-corrected chi connectivity index (χ4v) is 5.27. The van der Waals surface area contributed by atoms with Crippen molar-refractivity contribution in [1.29, 1.82) is 0 Å². The van der Waals surface area contributed by atoms with E-state index in [9.17, 15) is 18.0 Å². The minimum Gasteiger partial charge on any atom is -0.468 e. The Labute approximate surface area is 226 Å². The first kappa shape index (κ1) is 28.6. The van der Waals surface area contributed by atoms with Gasteiger partial charge in [0.1, 0.15) is 6.04 Å². The minimum atomic E-state index is -3.94. The molecule has 0 aromatic heterocycles. The molecule has 0 bridgehead atoms. The average Bonchev–Trinajstić information content (AvgIpc) is 2.91. The second-order valence-corrected chi connectivity index (χ2v) is 11.2. The van der Waals surface area contributed by atoms with Crippen LogP contribution in [-0.4, -0.2) is 40.0 Å². The summed E-state index contributed by atoms with van der Waals surface area (Å²) in [6, 6.07) is 23.0. The predicted molar refractivity (Wildman–Crippen MR) is 147 cm³/mol. The number of amides is 1. The number of carbonyl (C=O) groups excluding carboxylic acids is 2. The number of sulfonamides is 1. The maximum atomic E-state index is 12.9. The summed E-state index contributed by atoms with van der Waals surface area (Å²) in [7, 11) is -2.71. The summed E-state index contributed by atoms with van der Waals surface area (Å²) in [6.07, 6.45) is 2.46. The number of rotatable bonds is 13. The first-order chi connectivity index (χ1) is 17.8. The lowest BCUT2D eigenvalue weighted by Gasteiger charge is -2.17. The van der Waals surface area contributed by atoms with Crippen LogP contribution in [0.4, 0.5) is 0 Å². The number of carbonyl (C=O) groups is 2. The van der Waals surface area contributed by atoms with E-state index in [1.54, 1.807) is 12.1 Å². The predicted octanol–water partition coefficient (Wildman–Crippen LogP) is 4.86.